The molecule has 112 valence electrons. The summed E-state index contributed by atoms with van der Waals surface area (Å²) in [6.45, 7) is 0. The lowest BCUT2D eigenvalue weighted by Crippen LogP contribution is -2.30. The second-order valence-corrected chi connectivity index (χ2v) is 6.55. The first-order valence-electron chi connectivity index (χ1n) is 6.58. The Balaban J connectivity index is 1.99. The quantitative estimate of drug-likeness (QED) is 0.736. The second kappa shape index (κ2) is 8.04. The van der Waals surface area contributed by atoms with Crippen LogP contribution in [0.2, 0.25) is 10.0 Å². The minimum atomic E-state index is -0.209. The average Bonchev–Trinajstić information content (AvgIpc) is 2.48. The molecule has 0 spiro atoms. The van der Waals surface area contributed by atoms with Crippen LogP contribution in [0.4, 0.5) is 4.39 Å². The summed E-state index contributed by atoms with van der Waals surface area (Å²) < 4.78 is 13.2. The lowest BCUT2D eigenvalue weighted by molar-refractivity contribution is 0.615. The van der Waals surface area contributed by atoms with Crippen molar-refractivity contribution in [1.82, 2.24) is 5.32 Å². The number of hydrogen-bond donors (Lipinski definition) is 1. The Morgan fingerprint density at radius 3 is 2.67 bits per heavy atom. The minimum absolute atomic E-state index is 0.209. The van der Waals surface area contributed by atoms with Gasteiger partial charge in [-0.25, -0.2) is 4.39 Å². The van der Waals surface area contributed by atoms with E-state index in [1.54, 1.807) is 30.0 Å². The van der Waals surface area contributed by atoms with Gasteiger partial charge in [-0.1, -0.05) is 41.4 Å². The molecule has 0 amide bonds. The van der Waals surface area contributed by atoms with Crippen molar-refractivity contribution in [2.24, 2.45) is 0 Å². The molecule has 1 N–H and O–H groups in total. The average molecular weight is 344 g/mol. The van der Waals surface area contributed by atoms with Crippen molar-refractivity contribution in [2.75, 3.05) is 12.8 Å². The van der Waals surface area contributed by atoms with E-state index in [-0.39, 0.29) is 11.9 Å². The molecule has 2 aromatic rings. The molecule has 2 rings (SSSR count). The Kier molecular flexibility index (Phi) is 6.37. The zero-order valence-electron chi connectivity index (χ0n) is 11.6. The zero-order chi connectivity index (χ0) is 15.2. The molecule has 1 unspecified atom stereocenters. The van der Waals surface area contributed by atoms with Crippen molar-refractivity contribution in [1.29, 1.82) is 0 Å². The molecule has 1 atom stereocenters. The van der Waals surface area contributed by atoms with Crippen LogP contribution in [0.1, 0.15) is 5.56 Å². The summed E-state index contributed by atoms with van der Waals surface area (Å²) in [5.74, 6) is 0.613. The molecule has 2 aromatic carbocycles. The molecule has 0 aliphatic heterocycles. The molecule has 0 aromatic heterocycles. The Morgan fingerprint density at radius 1 is 1.19 bits per heavy atom. The highest BCUT2D eigenvalue weighted by atomic mass is 35.5. The summed E-state index contributed by atoms with van der Waals surface area (Å²) in [5, 5.41) is 4.44. The fourth-order valence-electron chi connectivity index (χ4n) is 1.97. The predicted molar refractivity (Wildman–Crippen MR) is 90.1 cm³/mol. The highest BCUT2D eigenvalue weighted by Crippen LogP contribution is 2.27. The highest BCUT2D eigenvalue weighted by molar-refractivity contribution is 7.99. The van der Waals surface area contributed by atoms with Gasteiger partial charge >= 0.3 is 0 Å². The third-order valence-corrected chi connectivity index (χ3v) is 5.17. The van der Waals surface area contributed by atoms with Gasteiger partial charge in [0.1, 0.15) is 5.82 Å². The summed E-state index contributed by atoms with van der Waals surface area (Å²) >= 11 is 13.9. The summed E-state index contributed by atoms with van der Waals surface area (Å²) in [6, 6.07) is 12.5. The van der Waals surface area contributed by atoms with E-state index < -0.39 is 0 Å². The molecule has 0 fully saturated rings. The first kappa shape index (κ1) is 16.6. The number of nitrogens with one attached hydrogen (secondary N) is 1. The first-order valence-corrected chi connectivity index (χ1v) is 8.33. The largest absolute Gasteiger partial charge is 0.316 e. The standard InChI is InChI=1S/C16H16Cl2FNS/c1-20-13(8-11-4-2-7-15(17)16(11)18)10-21-14-6-3-5-12(19)9-14/h2-7,9,13,20H,8,10H2,1H3. The number of likely N-dealkylation sites (N-methyl/N-ethyl adjacent to an activating group) is 1. The number of rotatable bonds is 6. The molecule has 0 radical (unpaired) electrons. The van der Waals surface area contributed by atoms with E-state index in [0.29, 0.717) is 10.0 Å². The van der Waals surface area contributed by atoms with Crippen LogP contribution in [-0.2, 0) is 6.42 Å². The number of halogens is 3. The zero-order valence-corrected chi connectivity index (χ0v) is 13.9. The van der Waals surface area contributed by atoms with E-state index in [1.165, 1.54) is 6.07 Å². The van der Waals surface area contributed by atoms with Gasteiger partial charge in [-0.3, -0.25) is 0 Å². The summed E-state index contributed by atoms with van der Waals surface area (Å²) in [5.41, 5.74) is 1.02. The molecular formula is C16H16Cl2FNS. The second-order valence-electron chi connectivity index (χ2n) is 4.67. The van der Waals surface area contributed by atoms with Crippen molar-refractivity contribution in [3.05, 3.63) is 63.9 Å². The van der Waals surface area contributed by atoms with E-state index >= 15 is 0 Å². The van der Waals surface area contributed by atoms with E-state index in [0.717, 1.165) is 22.6 Å². The van der Waals surface area contributed by atoms with E-state index in [2.05, 4.69) is 5.32 Å². The van der Waals surface area contributed by atoms with Gasteiger partial charge in [0.25, 0.3) is 0 Å². The van der Waals surface area contributed by atoms with Crippen LogP contribution in [-0.4, -0.2) is 18.8 Å². The Bertz CT molecular complexity index is 607. The fraction of sp³-hybridized carbons (Fsp3) is 0.250. The molecule has 1 nitrogen and oxygen atoms in total. The molecule has 0 saturated heterocycles. The fourth-order valence-corrected chi connectivity index (χ4v) is 3.42. The van der Waals surface area contributed by atoms with Crippen molar-refractivity contribution >= 4 is 35.0 Å². The molecule has 21 heavy (non-hydrogen) atoms. The van der Waals surface area contributed by atoms with Gasteiger partial charge in [0, 0.05) is 16.7 Å². The van der Waals surface area contributed by atoms with Gasteiger partial charge in [-0.2, -0.15) is 0 Å². The lowest BCUT2D eigenvalue weighted by Gasteiger charge is -2.17. The Hall–Kier alpha value is -0.740. The Morgan fingerprint density at radius 2 is 1.95 bits per heavy atom. The van der Waals surface area contributed by atoms with E-state index in [1.807, 2.05) is 25.2 Å². The van der Waals surface area contributed by atoms with Crippen molar-refractivity contribution in [2.45, 2.75) is 17.4 Å². The van der Waals surface area contributed by atoms with Crippen LogP contribution >= 0.6 is 35.0 Å². The topological polar surface area (TPSA) is 12.0 Å². The lowest BCUT2D eigenvalue weighted by atomic mass is 10.1. The van der Waals surface area contributed by atoms with Crippen molar-refractivity contribution in [3.8, 4) is 0 Å². The molecule has 5 heteroatoms. The Labute approximate surface area is 138 Å². The summed E-state index contributed by atoms with van der Waals surface area (Å²) in [7, 11) is 1.91. The number of benzene rings is 2. The van der Waals surface area contributed by atoms with Crippen LogP contribution < -0.4 is 5.32 Å². The van der Waals surface area contributed by atoms with Gasteiger partial charge in [0.15, 0.2) is 0 Å². The molecule has 0 aliphatic rings. The van der Waals surface area contributed by atoms with Crippen molar-refractivity contribution < 1.29 is 4.39 Å². The van der Waals surface area contributed by atoms with Crippen molar-refractivity contribution in [3.63, 3.8) is 0 Å². The van der Waals surface area contributed by atoms with E-state index in [4.69, 9.17) is 23.2 Å². The van der Waals surface area contributed by atoms with Crippen LogP contribution in [0.5, 0.6) is 0 Å². The van der Waals surface area contributed by atoms with Gasteiger partial charge in [-0.05, 0) is 43.3 Å². The summed E-state index contributed by atoms with van der Waals surface area (Å²) in [4.78, 5) is 0.924. The number of hydrogen-bond acceptors (Lipinski definition) is 2. The van der Waals surface area contributed by atoms with Crippen LogP contribution in [0.3, 0.4) is 0 Å². The van der Waals surface area contributed by atoms with Crippen LogP contribution in [0.15, 0.2) is 47.4 Å². The molecule has 0 heterocycles. The van der Waals surface area contributed by atoms with Gasteiger partial charge in [0.2, 0.25) is 0 Å². The number of thioether (sulfide) groups is 1. The van der Waals surface area contributed by atoms with Gasteiger partial charge < -0.3 is 5.32 Å². The smallest absolute Gasteiger partial charge is 0.124 e. The maximum Gasteiger partial charge on any atom is 0.124 e. The predicted octanol–water partition coefficient (Wildman–Crippen LogP) is 5.06. The maximum absolute atomic E-state index is 13.2. The van der Waals surface area contributed by atoms with Gasteiger partial charge in [0.05, 0.1) is 10.0 Å². The first-order chi connectivity index (χ1) is 10.1. The van der Waals surface area contributed by atoms with Crippen LogP contribution in [0, 0.1) is 5.82 Å². The third-order valence-electron chi connectivity index (χ3n) is 3.15. The maximum atomic E-state index is 13.2. The molecule has 0 saturated carbocycles. The molecule has 0 aliphatic carbocycles. The van der Waals surface area contributed by atoms with Crippen LogP contribution in [0.25, 0.3) is 0 Å². The summed E-state index contributed by atoms with van der Waals surface area (Å²) in [6.07, 6.45) is 0.776. The molecular weight excluding hydrogens is 328 g/mol. The normalized spacial score (nSPS) is 12.4. The monoisotopic (exact) mass is 343 g/mol. The minimum Gasteiger partial charge on any atom is -0.316 e. The van der Waals surface area contributed by atoms with E-state index in [9.17, 15) is 4.39 Å². The highest BCUT2D eigenvalue weighted by Gasteiger charge is 2.12. The SMILES string of the molecule is CNC(CSc1cccc(F)c1)Cc1cccc(Cl)c1Cl. The van der Waals surface area contributed by atoms with Gasteiger partial charge in [-0.15, -0.1) is 11.8 Å². The molecule has 0 bridgehead atoms. The third kappa shape index (κ3) is 4.89.